The van der Waals surface area contributed by atoms with Gasteiger partial charge in [0, 0.05) is 16.0 Å². The van der Waals surface area contributed by atoms with Crippen molar-refractivity contribution in [2.75, 3.05) is 0 Å². The monoisotopic (exact) mass is 294 g/mol. The van der Waals surface area contributed by atoms with E-state index in [-0.39, 0.29) is 11.9 Å². The molecule has 0 aliphatic carbocycles. The summed E-state index contributed by atoms with van der Waals surface area (Å²) in [6.45, 7) is 11.6. The maximum atomic E-state index is 12.8. The molecule has 0 aromatic carbocycles. The fraction of sp³-hybridized carbons (Fsp3) is 0.600. The Kier molecular flexibility index (Phi) is 3.45. The molecule has 110 valence electrons. The Morgan fingerprint density at radius 1 is 1.05 bits per heavy atom. The Balaban J connectivity index is 2.53. The van der Waals surface area contributed by atoms with Crippen LogP contribution in [0.25, 0.3) is 0 Å². The molecule has 1 saturated heterocycles. The van der Waals surface area contributed by atoms with Crippen molar-refractivity contribution in [3.63, 3.8) is 0 Å². The highest BCUT2D eigenvalue weighted by atomic mass is 32.1. The number of hydrogen-bond acceptors (Lipinski definition) is 3. The zero-order chi connectivity index (χ0) is 15.3. The summed E-state index contributed by atoms with van der Waals surface area (Å²) in [5.74, 6) is -0.125. The third kappa shape index (κ3) is 2.35. The average molecular weight is 294 g/mol. The topological polar surface area (TPSA) is 40.6 Å². The second kappa shape index (κ2) is 4.58. The number of carbonyl (C=O) groups excluding carboxylic acids is 2. The maximum Gasteiger partial charge on any atom is 0.328 e. The van der Waals surface area contributed by atoms with Crippen molar-refractivity contribution in [2.24, 2.45) is 0 Å². The molecule has 3 amide bonds. The van der Waals surface area contributed by atoms with Crippen LogP contribution in [0.4, 0.5) is 4.79 Å². The summed E-state index contributed by atoms with van der Waals surface area (Å²) in [5, 5.41) is 1.94. The minimum atomic E-state index is -0.510. The van der Waals surface area contributed by atoms with Crippen molar-refractivity contribution in [3.8, 4) is 0 Å². The van der Waals surface area contributed by atoms with Crippen LogP contribution in [-0.4, -0.2) is 32.8 Å². The van der Waals surface area contributed by atoms with Gasteiger partial charge in [0.25, 0.3) is 5.91 Å². The standard InChI is InChI=1S/C15H22N2O2S/c1-14(2,3)16-11(10-8-7-9-20-10)12(18)17(13(16)19)15(4,5)6/h7-9,11H,1-6H3. The van der Waals surface area contributed by atoms with Crippen molar-refractivity contribution in [1.82, 2.24) is 9.80 Å². The van der Waals surface area contributed by atoms with Gasteiger partial charge in [-0.1, -0.05) is 6.07 Å². The molecule has 4 nitrogen and oxygen atoms in total. The quantitative estimate of drug-likeness (QED) is 0.742. The molecule has 0 saturated carbocycles. The maximum absolute atomic E-state index is 12.8. The van der Waals surface area contributed by atoms with E-state index in [1.165, 1.54) is 16.2 Å². The van der Waals surface area contributed by atoms with Crippen molar-refractivity contribution < 1.29 is 9.59 Å². The van der Waals surface area contributed by atoms with Gasteiger partial charge in [-0.3, -0.25) is 9.69 Å². The molecule has 1 fully saturated rings. The number of imide groups is 1. The fourth-order valence-electron chi connectivity index (χ4n) is 2.53. The summed E-state index contributed by atoms with van der Waals surface area (Å²) in [5.41, 5.74) is -0.912. The average Bonchev–Trinajstić information content (AvgIpc) is 2.80. The molecule has 5 heteroatoms. The second-order valence-corrected chi connectivity index (χ2v) is 8.07. The van der Waals surface area contributed by atoms with E-state index in [2.05, 4.69) is 0 Å². The van der Waals surface area contributed by atoms with E-state index in [4.69, 9.17) is 0 Å². The normalized spacial score (nSPS) is 21.0. The minimum Gasteiger partial charge on any atom is -0.302 e. The molecule has 0 N–H and O–H groups in total. The van der Waals surface area contributed by atoms with Gasteiger partial charge in [0.1, 0.15) is 6.04 Å². The molecular weight excluding hydrogens is 272 g/mol. The molecule has 2 rings (SSSR count). The van der Waals surface area contributed by atoms with Gasteiger partial charge in [0.05, 0.1) is 0 Å². The number of amides is 3. The molecule has 0 bridgehead atoms. The first-order valence-electron chi connectivity index (χ1n) is 6.76. The Hall–Kier alpha value is -1.36. The smallest absolute Gasteiger partial charge is 0.302 e. The molecule has 0 radical (unpaired) electrons. The highest BCUT2D eigenvalue weighted by molar-refractivity contribution is 7.10. The van der Waals surface area contributed by atoms with Crippen LogP contribution < -0.4 is 0 Å². The van der Waals surface area contributed by atoms with E-state index in [9.17, 15) is 9.59 Å². The van der Waals surface area contributed by atoms with E-state index in [0.29, 0.717) is 0 Å². The van der Waals surface area contributed by atoms with Gasteiger partial charge < -0.3 is 4.90 Å². The number of thiophene rings is 1. The molecule has 1 aliphatic heterocycles. The van der Waals surface area contributed by atoms with Crippen LogP contribution in [-0.2, 0) is 4.79 Å². The lowest BCUT2D eigenvalue weighted by Crippen LogP contribution is -2.49. The zero-order valence-electron chi connectivity index (χ0n) is 12.9. The number of carbonyl (C=O) groups is 2. The summed E-state index contributed by atoms with van der Waals surface area (Å²) in [7, 11) is 0. The lowest BCUT2D eigenvalue weighted by atomic mass is 10.0. The summed E-state index contributed by atoms with van der Waals surface area (Å²) in [6.07, 6.45) is 0. The highest BCUT2D eigenvalue weighted by Gasteiger charge is 2.53. The largest absolute Gasteiger partial charge is 0.328 e. The van der Waals surface area contributed by atoms with Gasteiger partial charge in [-0.15, -0.1) is 11.3 Å². The van der Waals surface area contributed by atoms with E-state index in [1.54, 1.807) is 4.90 Å². The molecule has 1 unspecified atom stereocenters. The van der Waals surface area contributed by atoms with Crippen LogP contribution in [0.15, 0.2) is 17.5 Å². The zero-order valence-corrected chi connectivity index (χ0v) is 13.7. The van der Waals surface area contributed by atoms with Gasteiger partial charge in [-0.25, -0.2) is 4.79 Å². The molecule has 2 heterocycles. The summed E-state index contributed by atoms with van der Waals surface area (Å²) in [6, 6.07) is 3.14. The third-order valence-electron chi connectivity index (χ3n) is 3.32. The van der Waals surface area contributed by atoms with Gasteiger partial charge >= 0.3 is 6.03 Å². The van der Waals surface area contributed by atoms with Crippen molar-refractivity contribution in [2.45, 2.75) is 58.7 Å². The third-order valence-corrected chi connectivity index (χ3v) is 4.24. The highest BCUT2D eigenvalue weighted by Crippen LogP contribution is 2.40. The Bertz CT molecular complexity index is 523. The van der Waals surface area contributed by atoms with Crippen LogP contribution >= 0.6 is 11.3 Å². The summed E-state index contributed by atoms with van der Waals surface area (Å²) in [4.78, 5) is 29.6. The van der Waals surface area contributed by atoms with Crippen LogP contribution in [0, 0.1) is 0 Å². The Labute approximate surface area is 124 Å². The lowest BCUT2D eigenvalue weighted by molar-refractivity contribution is -0.131. The lowest BCUT2D eigenvalue weighted by Gasteiger charge is -2.35. The molecule has 20 heavy (non-hydrogen) atoms. The Morgan fingerprint density at radius 2 is 1.65 bits per heavy atom. The molecular formula is C15H22N2O2S. The summed E-state index contributed by atoms with van der Waals surface area (Å²) < 4.78 is 0. The van der Waals surface area contributed by atoms with Crippen molar-refractivity contribution >= 4 is 23.3 Å². The number of nitrogens with zero attached hydrogens (tertiary/aromatic N) is 2. The first-order valence-corrected chi connectivity index (χ1v) is 7.64. The van der Waals surface area contributed by atoms with E-state index < -0.39 is 17.1 Å². The van der Waals surface area contributed by atoms with Gasteiger partial charge in [0.2, 0.25) is 0 Å². The van der Waals surface area contributed by atoms with Gasteiger partial charge in [-0.05, 0) is 53.0 Å². The van der Waals surface area contributed by atoms with Crippen molar-refractivity contribution in [1.29, 1.82) is 0 Å². The van der Waals surface area contributed by atoms with Crippen LogP contribution in [0.2, 0.25) is 0 Å². The van der Waals surface area contributed by atoms with E-state index in [1.807, 2.05) is 59.1 Å². The first kappa shape index (κ1) is 15.0. The summed E-state index contributed by atoms with van der Waals surface area (Å²) >= 11 is 1.52. The van der Waals surface area contributed by atoms with Crippen LogP contribution in [0.3, 0.4) is 0 Å². The SMILES string of the molecule is CC(C)(C)N1C(=O)C(c2cccs2)N(C(C)(C)C)C1=O. The number of rotatable bonds is 1. The first-order chi connectivity index (χ1) is 9.05. The molecule has 0 spiro atoms. The van der Waals surface area contributed by atoms with E-state index >= 15 is 0 Å². The molecule has 1 aromatic rings. The van der Waals surface area contributed by atoms with Crippen LogP contribution in [0.1, 0.15) is 52.5 Å². The van der Waals surface area contributed by atoms with E-state index in [0.717, 1.165) is 4.88 Å². The fourth-order valence-corrected chi connectivity index (χ4v) is 3.34. The number of hydrogen-bond donors (Lipinski definition) is 0. The van der Waals surface area contributed by atoms with Gasteiger partial charge in [-0.2, -0.15) is 0 Å². The second-order valence-electron chi connectivity index (χ2n) is 7.09. The van der Waals surface area contributed by atoms with Crippen molar-refractivity contribution in [3.05, 3.63) is 22.4 Å². The molecule has 1 aromatic heterocycles. The predicted octanol–water partition coefficient (Wildman–Crippen LogP) is 3.65. The van der Waals surface area contributed by atoms with Crippen LogP contribution in [0.5, 0.6) is 0 Å². The number of urea groups is 1. The molecule has 1 atom stereocenters. The minimum absolute atomic E-state index is 0.125. The predicted molar refractivity (Wildman–Crippen MR) is 80.6 cm³/mol. The Morgan fingerprint density at radius 3 is 2.05 bits per heavy atom. The van der Waals surface area contributed by atoms with Gasteiger partial charge in [0.15, 0.2) is 0 Å². The molecule has 1 aliphatic rings.